The van der Waals surface area contributed by atoms with E-state index in [1.54, 1.807) is 6.07 Å². The van der Waals surface area contributed by atoms with Crippen LogP contribution >= 0.6 is 0 Å². The van der Waals surface area contributed by atoms with Gasteiger partial charge in [-0.3, -0.25) is 0 Å². The minimum atomic E-state index is -0.555. The number of ether oxygens (including phenoxy) is 2. The van der Waals surface area contributed by atoms with Gasteiger partial charge in [0.1, 0.15) is 17.7 Å². The third-order valence-electron chi connectivity index (χ3n) is 13.5. The molecule has 5 rings (SSSR count). The molecule has 8 atom stereocenters. The molecule has 0 spiro atoms. The first kappa shape index (κ1) is 35.5. The molecular formula is C42H65FO3. The van der Waals surface area contributed by atoms with E-state index in [2.05, 4.69) is 47.6 Å². The molecule has 4 heteroatoms. The summed E-state index contributed by atoms with van der Waals surface area (Å²) in [4.78, 5) is 13.1. The molecule has 3 nitrogen and oxygen atoms in total. The van der Waals surface area contributed by atoms with Crippen molar-refractivity contribution in [3.8, 4) is 5.75 Å². The Labute approximate surface area is 280 Å². The molecule has 46 heavy (non-hydrogen) atoms. The highest BCUT2D eigenvalue weighted by Gasteiger charge is 2.59. The highest BCUT2D eigenvalue weighted by Crippen LogP contribution is 2.67. The van der Waals surface area contributed by atoms with E-state index in [4.69, 9.17) is 9.47 Å². The molecule has 3 fully saturated rings. The van der Waals surface area contributed by atoms with Gasteiger partial charge in [-0.05, 0) is 110 Å². The molecule has 0 bridgehead atoms. The predicted molar refractivity (Wildman–Crippen MR) is 188 cm³/mol. The van der Waals surface area contributed by atoms with Crippen LogP contribution in [0.15, 0.2) is 29.8 Å². The molecule has 3 saturated carbocycles. The summed E-state index contributed by atoms with van der Waals surface area (Å²) in [5.41, 5.74) is 2.20. The lowest BCUT2D eigenvalue weighted by Gasteiger charge is -2.58. The van der Waals surface area contributed by atoms with Crippen molar-refractivity contribution in [2.24, 2.45) is 46.3 Å². The van der Waals surface area contributed by atoms with Gasteiger partial charge in [0.15, 0.2) is 0 Å². The molecule has 4 aliphatic rings. The fourth-order valence-electron chi connectivity index (χ4n) is 10.8. The van der Waals surface area contributed by atoms with Crippen LogP contribution < -0.4 is 4.74 Å². The second-order valence-electron chi connectivity index (χ2n) is 16.8. The maximum atomic E-state index is 15.0. The van der Waals surface area contributed by atoms with Gasteiger partial charge in [0.2, 0.25) is 0 Å². The third-order valence-corrected chi connectivity index (χ3v) is 13.5. The fraction of sp³-hybridized carbons (Fsp3) is 0.786. The van der Waals surface area contributed by atoms with E-state index >= 15 is 4.39 Å². The number of fused-ring (bicyclic) bond motifs is 5. The van der Waals surface area contributed by atoms with E-state index in [1.165, 1.54) is 94.8 Å². The molecule has 0 aliphatic heterocycles. The lowest BCUT2D eigenvalue weighted by Crippen LogP contribution is -2.51. The summed E-state index contributed by atoms with van der Waals surface area (Å²) in [7, 11) is 0. The van der Waals surface area contributed by atoms with Crippen molar-refractivity contribution in [3.05, 3.63) is 41.2 Å². The second-order valence-corrected chi connectivity index (χ2v) is 16.8. The Morgan fingerprint density at radius 1 is 0.935 bits per heavy atom. The maximum Gasteiger partial charge on any atom is 0.341 e. The fourth-order valence-corrected chi connectivity index (χ4v) is 10.8. The summed E-state index contributed by atoms with van der Waals surface area (Å²) in [5, 5.41) is 0. The lowest BCUT2D eigenvalue weighted by atomic mass is 9.47. The van der Waals surface area contributed by atoms with E-state index in [9.17, 15) is 4.79 Å². The quantitative estimate of drug-likeness (QED) is 0.109. The molecule has 0 heterocycles. The van der Waals surface area contributed by atoms with Crippen LogP contribution in [0, 0.1) is 52.2 Å². The minimum absolute atomic E-state index is 0.0127. The van der Waals surface area contributed by atoms with Crippen LogP contribution in [0.1, 0.15) is 161 Å². The SMILES string of the molecule is CCCCCCCCOc1ccc(C(=O)OC2CC[C@@]3(C)C(=CC[C@H]4[C@@H]5CC[C@H]([C@H](C)CCCC(C)C)[C@@]5(C)CC[C@@H]43)C2)c(F)c1. The van der Waals surface area contributed by atoms with Gasteiger partial charge in [-0.15, -0.1) is 0 Å². The average molecular weight is 637 g/mol. The van der Waals surface area contributed by atoms with Crippen molar-refractivity contribution in [1.82, 2.24) is 0 Å². The molecule has 4 aliphatic carbocycles. The number of benzene rings is 1. The topological polar surface area (TPSA) is 35.5 Å². The summed E-state index contributed by atoms with van der Waals surface area (Å²) >= 11 is 0. The number of rotatable bonds is 15. The lowest BCUT2D eigenvalue weighted by molar-refractivity contribution is -0.0595. The number of hydrogen-bond acceptors (Lipinski definition) is 3. The molecule has 0 radical (unpaired) electrons. The van der Waals surface area contributed by atoms with Gasteiger partial charge >= 0.3 is 5.97 Å². The molecule has 1 aromatic rings. The van der Waals surface area contributed by atoms with Crippen LogP contribution in [0.2, 0.25) is 0 Å². The molecule has 1 aromatic carbocycles. The first-order valence-electron chi connectivity index (χ1n) is 19.4. The second kappa shape index (κ2) is 15.6. The van der Waals surface area contributed by atoms with Gasteiger partial charge in [0, 0.05) is 12.5 Å². The Morgan fingerprint density at radius 3 is 2.48 bits per heavy atom. The Morgan fingerprint density at radius 2 is 1.72 bits per heavy atom. The summed E-state index contributed by atoms with van der Waals surface area (Å²) in [6.45, 7) is 15.2. The summed E-state index contributed by atoms with van der Waals surface area (Å²) in [5.74, 6) is 4.26. The number of carbonyl (C=O) groups is 1. The monoisotopic (exact) mass is 636 g/mol. The van der Waals surface area contributed by atoms with Gasteiger partial charge < -0.3 is 9.47 Å². The first-order valence-corrected chi connectivity index (χ1v) is 19.4. The summed E-state index contributed by atoms with van der Waals surface area (Å²) in [6, 6.07) is 4.58. The Hall–Kier alpha value is -1.84. The number of esters is 1. The average Bonchev–Trinajstić information content (AvgIpc) is 3.38. The maximum absolute atomic E-state index is 15.0. The van der Waals surface area contributed by atoms with Crippen LogP contribution in [0.4, 0.5) is 4.39 Å². The summed E-state index contributed by atoms with van der Waals surface area (Å²) in [6.07, 6.45) is 23.0. The number of unbranched alkanes of at least 4 members (excludes halogenated alkanes) is 5. The van der Waals surface area contributed by atoms with Crippen LogP contribution in [0.25, 0.3) is 0 Å². The highest BCUT2D eigenvalue weighted by molar-refractivity contribution is 5.90. The molecule has 0 N–H and O–H groups in total. The number of allylic oxidation sites excluding steroid dienone is 1. The van der Waals surface area contributed by atoms with Crippen LogP contribution in [-0.4, -0.2) is 18.7 Å². The standard InChI is InChI=1S/C42H65FO3/c1-7-8-9-10-11-12-26-45-32-17-19-35(39(43)28-32)40(44)46-33-22-24-41(5)31(27-33)16-18-34-37-21-20-36(30(4)15-13-14-29(2)3)42(37,6)25-23-38(34)41/h16-17,19,28-30,33-34,36-38H,7-15,18,20-27H2,1-6H3/t30-,33?,34+,36-,37+,38+,41+,42-/m1/s1. The largest absolute Gasteiger partial charge is 0.493 e. The Bertz CT molecular complexity index is 1190. The van der Waals surface area contributed by atoms with Crippen LogP contribution in [-0.2, 0) is 4.74 Å². The van der Waals surface area contributed by atoms with Crippen molar-refractivity contribution in [3.63, 3.8) is 0 Å². The van der Waals surface area contributed by atoms with Crippen molar-refractivity contribution in [2.45, 2.75) is 157 Å². The van der Waals surface area contributed by atoms with Gasteiger partial charge in [-0.2, -0.15) is 0 Å². The minimum Gasteiger partial charge on any atom is -0.493 e. The van der Waals surface area contributed by atoms with Gasteiger partial charge in [0.05, 0.1) is 12.2 Å². The van der Waals surface area contributed by atoms with E-state index in [0.717, 1.165) is 67.6 Å². The number of halogens is 1. The van der Waals surface area contributed by atoms with Gasteiger partial charge in [-0.1, -0.05) is 105 Å². The van der Waals surface area contributed by atoms with Crippen molar-refractivity contribution in [1.29, 1.82) is 0 Å². The normalized spacial score (nSPS) is 32.7. The Kier molecular flexibility index (Phi) is 12.0. The van der Waals surface area contributed by atoms with Crippen molar-refractivity contribution < 1.29 is 18.7 Å². The van der Waals surface area contributed by atoms with E-state index < -0.39 is 11.8 Å². The van der Waals surface area contributed by atoms with Crippen LogP contribution in [0.5, 0.6) is 5.75 Å². The van der Waals surface area contributed by atoms with Crippen molar-refractivity contribution in [2.75, 3.05) is 6.61 Å². The number of carbonyl (C=O) groups excluding carboxylic acids is 1. The van der Waals surface area contributed by atoms with Gasteiger partial charge in [0.25, 0.3) is 0 Å². The molecule has 258 valence electrons. The molecular weight excluding hydrogens is 571 g/mol. The third kappa shape index (κ3) is 7.72. The Balaban J connectivity index is 1.14. The number of hydrogen-bond donors (Lipinski definition) is 0. The molecule has 0 aromatic heterocycles. The van der Waals surface area contributed by atoms with E-state index in [0.29, 0.717) is 17.8 Å². The zero-order chi connectivity index (χ0) is 32.9. The van der Waals surface area contributed by atoms with Crippen molar-refractivity contribution >= 4 is 5.97 Å². The molecule has 0 amide bonds. The first-order chi connectivity index (χ1) is 22.1. The van der Waals surface area contributed by atoms with Gasteiger partial charge in [-0.25, -0.2) is 9.18 Å². The van der Waals surface area contributed by atoms with E-state index in [-0.39, 0.29) is 17.1 Å². The molecule has 0 saturated heterocycles. The smallest absolute Gasteiger partial charge is 0.341 e. The zero-order valence-corrected chi connectivity index (χ0v) is 30.2. The van der Waals surface area contributed by atoms with Crippen LogP contribution in [0.3, 0.4) is 0 Å². The summed E-state index contributed by atoms with van der Waals surface area (Å²) < 4.78 is 26.8. The predicted octanol–water partition coefficient (Wildman–Crippen LogP) is 12.1. The zero-order valence-electron chi connectivity index (χ0n) is 30.2. The van der Waals surface area contributed by atoms with E-state index in [1.807, 2.05) is 0 Å². The highest BCUT2D eigenvalue weighted by atomic mass is 19.1. The molecule has 1 unspecified atom stereocenters.